The number of rotatable bonds is 4. The molecular weight excluding hydrogens is 335 g/mol. The molecule has 6 heteroatoms. The highest BCUT2D eigenvalue weighted by molar-refractivity contribution is 5.94. The van der Waals surface area contributed by atoms with E-state index in [1.165, 1.54) is 0 Å². The molecule has 1 N–H and O–H groups in total. The lowest BCUT2D eigenvalue weighted by atomic mass is 9.80. The van der Waals surface area contributed by atoms with Crippen molar-refractivity contribution in [3.05, 3.63) is 35.9 Å². The number of amides is 2. The van der Waals surface area contributed by atoms with Crippen LogP contribution >= 0.6 is 0 Å². The van der Waals surface area contributed by atoms with Gasteiger partial charge in [0.15, 0.2) is 5.67 Å². The lowest BCUT2D eigenvalue weighted by Crippen LogP contribution is -2.59. The Labute approximate surface area is 152 Å². The fourth-order valence-corrected chi connectivity index (χ4v) is 4.41. The molecule has 0 bridgehead atoms. The van der Waals surface area contributed by atoms with Crippen molar-refractivity contribution < 1.29 is 18.7 Å². The third kappa shape index (κ3) is 3.11. The Kier molecular flexibility index (Phi) is 4.69. The molecule has 5 nitrogen and oxygen atoms in total. The van der Waals surface area contributed by atoms with E-state index in [4.69, 9.17) is 4.74 Å². The molecule has 1 heterocycles. The lowest BCUT2D eigenvalue weighted by Gasteiger charge is -2.44. The smallest absolute Gasteiger partial charge is 0.260 e. The van der Waals surface area contributed by atoms with Crippen LogP contribution in [0.3, 0.4) is 0 Å². The van der Waals surface area contributed by atoms with Gasteiger partial charge in [-0.1, -0.05) is 18.2 Å². The topological polar surface area (TPSA) is 58.6 Å². The van der Waals surface area contributed by atoms with Crippen LogP contribution in [0.5, 0.6) is 0 Å². The number of carbonyl (C=O) groups is 2. The van der Waals surface area contributed by atoms with Gasteiger partial charge in [0.25, 0.3) is 11.8 Å². The molecule has 3 atom stereocenters. The molecule has 2 aliphatic carbocycles. The Hall–Kier alpha value is -1.95. The standard InChI is InChI=1S/C20H25FN2O3/c21-20(9-4-10-20)19(25)23-11-12-26-17-15(7-8-16(17)23)13-22-18(24)14-5-2-1-3-6-14/h1-3,5-6,15-17H,4,7-13H2,(H,22,24)/t15-,16-,17+/m0/s1. The summed E-state index contributed by atoms with van der Waals surface area (Å²) < 4.78 is 20.5. The Morgan fingerprint density at radius 2 is 2.00 bits per heavy atom. The minimum Gasteiger partial charge on any atom is -0.374 e. The van der Waals surface area contributed by atoms with Gasteiger partial charge in [0, 0.05) is 24.6 Å². The van der Waals surface area contributed by atoms with Crippen molar-refractivity contribution in [1.82, 2.24) is 10.2 Å². The number of morpholine rings is 1. The summed E-state index contributed by atoms with van der Waals surface area (Å²) in [5.41, 5.74) is -1.02. The highest BCUT2D eigenvalue weighted by atomic mass is 19.1. The van der Waals surface area contributed by atoms with Crippen molar-refractivity contribution in [3.8, 4) is 0 Å². The van der Waals surface area contributed by atoms with Crippen LogP contribution in [-0.4, -0.2) is 54.2 Å². The largest absolute Gasteiger partial charge is 0.374 e. The average molecular weight is 360 g/mol. The van der Waals surface area contributed by atoms with E-state index in [1.54, 1.807) is 17.0 Å². The van der Waals surface area contributed by atoms with Gasteiger partial charge in [0.05, 0.1) is 18.8 Å². The highest BCUT2D eigenvalue weighted by Gasteiger charge is 2.52. The van der Waals surface area contributed by atoms with Crippen LogP contribution in [0.4, 0.5) is 4.39 Å². The normalized spacial score (nSPS) is 29.6. The van der Waals surface area contributed by atoms with E-state index in [1.807, 2.05) is 18.2 Å². The van der Waals surface area contributed by atoms with Crippen LogP contribution in [0.1, 0.15) is 42.5 Å². The van der Waals surface area contributed by atoms with Crippen LogP contribution in [0.15, 0.2) is 30.3 Å². The van der Waals surface area contributed by atoms with Crippen LogP contribution in [0.2, 0.25) is 0 Å². The molecule has 0 radical (unpaired) electrons. The summed E-state index contributed by atoms with van der Waals surface area (Å²) >= 11 is 0. The second kappa shape index (κ2) is 6.99. The van der Waals surface area contributed by atoms with Gasteiger partial charge >= 0.3 is 0 Å². The number of ether oxygens (including phenoxy) is 1. The fraction of sp³-hybridized carbons (Fsp3) is 0.600. The number of halogens is 1. The molecule has 140 valence electrons. The molecule has 1 aliphatic heterocycles. The first-order chi connectivity index (χ1) is 12.6. The maximum Gasteiger partial charge on any atom is 0.260 e. The van der Waals surface area contributed by atoms with E-state index in [-0.39, 0.29) is 29.9 Å². The first kappa shape index (κ1) is 17.5. The van der Waals surface area contributed by atoms with Gasteiger partial charge in [0.1, 0.15) is 0 Å². The average Bonchev–Trinajstić information content (AvgIpc) is 3.07. The zero-order valence-corrected chi connectivity index (χ0v) is 14.8. The second-order valence-corrected chi connectivity index (χ2v) is 7.63. The predicted octanol–water partition coefficient (Wildman–Crippen LogP) is 2.31. The summed E-state index contributed by atoms with van der Waals surface area (Å²) in [6.07, 6.45) is 3.03. The SMILES string of the molecule is O=C(NC[C@@H]1CC[C@H]2[C@@H]1OCCN2C(=O)C1(F)CCC1)c1ccccc1. The molecule has 4 rings (SSSR count). The van der Waals surface area contributed by atoms with Crippen LogP contribution in [-0.2, 0) is 9.53 Å². The number of hydrogen-bond acceptors (Lipinski definition) is 3. The minimum absolute atomic E-state index is 0.0666. The summed E-state index contributed by atoms with van der Waals surface area (Å²) in [6, 6.07) is 9.04. The number of benzene rings is 1. The Morgan fingerprint density at radius 3 is 2.69 bits per heavy atom. The van der Waals surface area contributed by atoms with E-state index in [9.17, 15) is 14.0 Å². The molecule has 3 fully saturated rings. The Balaban J connectivity index is 1.37. The molecule has 2 saturated carbocycles. The zero-order valence-electron chi connectivity index (χ0n) is 14.8. The maximum atomic E-state index is 14.6. The molecule has 0 spiro atoms. The van der Waals surface area contributed by atoms with Crippen molar-refractivity contribution in [3.63, 3.8) is 0 Å². The number of nitrogens with zero attached hydrogens (tertiary/aromatic N) is 1. The van der Waals surface area contributed by atoms with E-state index >= 15 is 0 Å². The molecule has 3 aliphatic rings. The third-order valence-corrected chi connectivity index (χ3v) is 6.07. The maximum absolute atomic E-state index is 14.6. The van der Waals surface area contributed by atoms with Crippen molar-refractivity contribution in [2.75, 3.05) is 19.7 Å². The van der Waals surface area contributed by atoms with Gasteiger partial charge in [-0.15, -0.1) is 0 Å². The highest BCUT2D eigenvalue weighted by Crippen LogP contribution is 2.41. The molecule has 1 saturated heterocycles. The van der Waals surface area contributed by atoms with Crippen LogP contribution in [0.25, 0.3) is 0 Å². The summed E-state index contributed by atoms with van der Waals surface area (Å²) in [7, 11) is 0. The van der Waals surface area contributed by atoms with Gasteiger partial charge in [-0.25, -0.2) is 4.39 Å². The number of hydrogen-bond donors (Lipinski definition) is 1. The zero-order chi connectivity index (χ0) is 18.1. The summed E-state index contributed by atoms with van der Waals surface area (Å²) in [5.74, 6) is -0.300. The lowest BCUT2D eigenvalue weighted by molar-refractivity contribution is -0.163. The molecule has 0 unspecified atom stereocenters. The molecule has 0 aromatic heterocycles. The summed E-state index contributed by atoms with van der Waals surface area (Å²) in [6.45, 7) is 1.42. The quantitative estimate of drug-likeness (QED) is 0.896. The molecular formula is C20H25FN2O3. The van der Waals surface area contributed by atoms with Crippen LogP contribution < -0.4 is 5.32 Å². The summed E-state index contributed by atoms with van der Waals surface area (Å²) in [4.78, 5) is 26.6. The Morgan fingerprint density at radius 1 is 1.23 bits per heavy atom. The third-order valence-electron chi connectivity index (χ3n) is 6.07. The predicted molar refractivity (Wildman–Crippen MR) is 94.4 cm³/mol. The van der Waals surface area contributed by atoms with Gasteiger partial charge < -0.3 is 15.0 Å². The molecule has 26 heavy (non-hydrogen) atoms. The minimum atomic E-state index is -1.65. The molecule has 1 aromatic rings. The van der Waals surface area contributed by atoms with Gasteiger partial charge in [-0.05, 0) is 44.2 Å². The van der Waals surface area contributed by atoms with E-state index in [0.29, 0.717) is 38.1 Å². The van der Waals surface area contributed by atoms with Crippen molar-refractivity contribution in [1.29, 1.82) is 0 Å². The number of fused-ring (bicyclic) bond motifs is 1. The first-order valence-electron chi connectivity index (χ1n) is 9.53. The fourth-order valence-electron chi connectivity index (χ4n) is 4.41. The van der Waals surface area contributed by atoms with Crippen molar-refractivity contribution in [2.24, 2.45) is 5.92 Å². The summed E-state index contributed by atoms with van der Waals surface area (Å²) in [5, 5.41) is 2.97. The van der Waals surface area contributed by atoms with E-state index < -0.39 is 5.67 Å². The second-order valence-electron chi connectivity index (χ2n) is 7.63. The number of nitrogens with one attached hydrogen (secondary N) is 1. The molecule has 2 amide bonds. The van der Waals surface area contributed by atoms with Gasteiger partial charge in [-0.3, -0.25) is 9.59 Å². The first-order valence-corrected chi connectivity index (χ1v) is 9.53. The number of carbonyl (C=O) groups excluding carboxylic acids is 2. The van der Waals surface area contributed by atoms with E-state index in [0.717, 1.165) is 19.3 Å². The molecule has 1 aromatic carbocycles. The van der Waals surface area contributed by atoms with Crippen LogP contribution in [0, 0.1) is 5.92 Å². The van der Waals surface area contributed by atoms with E-state index in [2.05, 4.69) is 5.32 Å². The van der Waals surface area contributed by atoms with Gasteiger partial charge in [-0.2, -0.15) is 0 Å². The Bertz CT molecular complexity index is 677. The number of alkyl halides is 1. The van der Waals surface area contributed by atoms with Crippen molar-refractivity contribution in [2.45, 2.75) is 49.9 Å². The van der Waals surface area contributed by atoms with Crippen molar-refractivity contribution >= 4 is 11.8 Å². The monoisotopic (exact) mass is 360 g/mol. The van der Waals surface area contributed by atoms with Gasteiger partial charge in [0.2, 0.25) is 0 Å².